The minimum atomic E-state index is -4.72. The number of carbonyl (C=O) groups excluding carboxylic acids is 1. The zero-order chi connectivity index (χ0) is 28.2. The molecule has 0 aliphatic heterocycles. The van der Waals surface area contributed by atoms with Gasteiger partial charge in [0, 0.05) is 0 Å². The monoisotopic (exact) mass is 575 g/mol. The Bertz CT molecular complexity index is 1610. The molecular formula is C26H21ClF3N5O3S. The van der Waals surface area contributed by atoms with Crippen LogP contribution in [-0.2, 0) is 21.0 Å². The van der Waals surface area contributed by atoms with Gasteiger partial charge in [0.05, 0.1) is 39.3 Å². The van der Waals surface area contributed by atoms with Gasteiger partial charge in [0.1, 0.15) is 6.54 Å². The van der Waals surface area contributed by atoms with Crippen LogP contribution in [-0.4, -0.2) is 36.9 Å². The number of sulfonamides is 1. The fourth-order valence-electron chi connectivity index (χ4n) is 3.65. The molecule has 0 atom stereocenters. The lowest BCUT2D eigenvalue weighted by Gasteiger charge is -2.24. The number of alkyl halides is 3. The smallest absolute Gasteiger partial charge is 0.271 e. The van der Waals surface area contributed by atoms with Crippen LogP contribution in [0.15, 0.2) is 94.9 Å². The third-order valence-corrected chi connectivity index (χ3v) is 7.65. The lowest BCUT2D eigenvalue weighted by atomic mass is 10.2. The molecule has 0 spiro atoms. The number of anilines is 1. The Kier molecular flexibility index (Phi) is 8.07. The van der Waals surface area contributed by atoms with E-state index < -0.39 is 34.2 Å². The molecule has 0 saturated heterocycles. The van der Waals surface area contributed by atoms with Crippen molar-refractivity contribution in [3.05, 3.63) is 107 Å². The van der Waals surface area contributed by atoms with Crippen molar-refractivity contribution in [2.75, 3.05) is 10.8 Å². The zero-order valence-corrected chi connectivity index (χ0v) is 21.9. The van der Waals surface area contributed by atoms with E-state index in [1.165, 1.54) is 36.5 Å². The number of para-hydroxylation sites is 1. The van der Waals surface area contributed by atoms with Crippen LogP contribution in [0.2, 0.25) is 5.15 Å². The van der Waals surface area contributed by atoms with Gasteiger partial charge in [0.15, 0.2) is 5.15 Å². The number of nitrogens with zero attached hydrogens (tertiary/aromatic N) is 4. The highest BCUT2D eigenvalue weighted by molar-refractivity contribution is 7.92. The molecule has 3 aromatic carbocycles. The second-order valence-corrected chi connectivity index (χ2v) is 10.4. The maximum atomic E-state index is 13.3. The highest BCUT2D eigenvalue weighted by Gasteiger charge is 2.33. The molecule has 13 heteroatoms. The van der Waals surface area contributed by atoms with E-state index in [1.807, 2.05) is 30.3 Å². The van der Waals surface area contributed by atoms with E-state index in [-0.39, 0.29) is 15.7 Å². The van der Waals surface area contributed by atoms with Crippen LogP contribution >= 0.6 is 11.6 Å². The first-order valence-electron chi connectivity index (χ1n) is 11.4. The predicted molar refractivity (Wildman–Crippen MR) is 141 cm³/mol. The fraction of sp³-hybridized carbons (Fsp3) is 0.115. The third kappa shape index (κ3) is 6.29. The van der Waals surface area contributed by atoms with Gasteiger partial charge in [-0.2, -0.15) is 23.4 Å². The number of hydrogen-bond acceptors (Lipinski definition) is 5. The molecule has 1 aromatic heterocycles. The van der Waals surface area contributed by atoms with Gasteiger partial charge in [-0.05, 0) is 49.4 Å². The first-order chi connectivity index (χ1) is 18.5. The lowest BCUT2D eigenvalue weighted by molar-refractivity contribution is -0.137. The Morgan fingerprint density at radius 3 is 2.33 bits per heavy atom. The molecule has 0 aliphatic rings. The molecule has 39 heavy (non-hydrogen) atoms. The standard InChI is InChI=1S/C26H21ClF3N5O3S/c1-18-23(25(27)33-35(18)20-10-4-2-5-11-20)16-31-32-24(36)17-34(39(37,38)22-13-6-3-7-14-22)21-12-8-9-19(15-21)26(28,29)30/h2-16H,17H2,1H3,(H,32,36)/b31-16-. The molecule has 0 aliphatic carbocycles. The number of rotatable bonds is 8. The minimum absolute atomic E-state index is 0.117. The molecule has 0 unspecified atom stereocenters. The van der Waals surface area contributed by atoms with Crippen LogP contribution in [0.25, 0.3) is 5.69 Å². The van der Waals surface area contributed by atoms with Gasteiger partial charge in [0.25, 0.3) is 15.9 Å². The van der Waals surface area contributed by atoms with E-state index in [0.717, 1.165) is 17.8 Å². The summed E-state index contributed by atoms with van der Waals surface area (Å²) in [5.41, 5.74) is 2.60. The first-order valence-corrected chi connectivity index (χ1v) is 13.2. The van der Waals surface area contributed by atoms with E-state index in [4.69, 9.17) is 11.6 Å². The number of aromatic nitrogens is 2. The number of benzene rings is 3. The van der Waals surface area contributed by atoms with Gasteiger partial charge in [-0.3, -0.25) is 9.10 Å². The Morgan fingerprint density at radius 2 is 1.69 bits per heavy atom. The SMILES string of the molecule is Cc1c(/C=N\NC(=O)CN(c2cccc(C(F)(F)F)c2)S(=O)(=O)c2ccccc2)c(Cl)nn1-c1ccccc1. The predicted octanol–water partition coefficient (Wildman–Crippen LogP) is 5.20. The van der Waals surface area contributed by atoms with E-state index in [9.17, 15) is 26.4 Å². The highest BCUT2D eigenvalue weighted by atomic mass is 35.5. The summed E-state index contributed by atoms with van der Waals surface area (Å²) in [7, 11) is -4.41. The molecule has 202 valence electrons. The summed E-state index contributed by atoms with van der Waals surface area (Å²) in [6, 6.07) is 19.9. The van der Waals surface area contributed by atoms with Crippen molar-refractivity contribution in [3.63, 3.8) is 0 Å². The van der Waals surface area contributed by atoms with E-state index in [1.54, 1.807) is 17.7 Å². The molecule has 4 rings (SSSR count). The average Bonchev–Trinajstić information content (AvgIpc) is 3.20. The number of hydrogen-bond donors (Lipinski definition) is 1. The van der Waals surface area contributed by atoms with Gasteiger partial charge in [0.2, 0.25) is 0 Å². The molecule has 0 bridgehead atoms. The highest BCUT2D eigenvalue weighted by Crippen LogP contribution is 2.33. The largest absolute Gasteiger partial charge is 0.416 e. The van der Waals surface area contributed by atoms with Crippen molar-refractivity contribution in [1.29, 1.82) is 0 Å². The average molecular weight is 576 g/mol. The number of hydrazone groups is 1. The quantitative estimate of drug-likeness (QED) is 0.231. The molecule has 4 aromatic rings. The minimum Gasteiger partial charge on any atom is -0.271 e. The second kappa shape index (κ2) is 11.3. The summed E-state index contributed by atoms with van der Waals surface area (Å²) in [5.74, 6) is -0.896. The van der Waals surface area contributed by atoms with E-state index >= 15 is 0 Å². The third-order valence-electron chi connectivity index (χ3n) is 5.58. The van der Waals surface area contributed by atoms with Crippen molar-refractivity contribution in [2.45, 2.75) is 18.0 Å². The van der Waals surface area contributed by atoms with Gasteiger partial charge in [-0.1, -0.05) is 54.1 Å². The van der Waals surface area contributed by atoms with Crippen LogP contribution < -0.4 is 9.73 Å². The Balaban J connectivity index is 1.59. The zero-order valence-electron chi connectivity index (χ0n) is 20.3. The molecule has 8 nitrogen and oxygen atoms in total. The van der Waals surface area contributed by atoms with E-state index in [0.29, 0.717) is 21.6 Å². The Hall–Kier alpha value is -4.16. The lowest BCUT2D eigenvalue weighted by Crippen LogP contribution is -2.39. The second-order valence-electron chi connectivity index (χ2n) is 8.20. The Morgan fingerprint density at radius 1 is 1.05 bits per heavy atom. The number of nitrogens with one attached hydrogen (secondary N) is 1. The molecule has 1 amide bonds. The maximum absolute atomic E-state index is 13.3. The molecular weight excluding hydrogens is 555 g/mol. The summed E-state index contributed by atoms with van der Waals surface area (Å²) in [6.07, 6.45) is -3.46. The number of carbonyl (C=O) groups is 1. The Labute approximate surface area is 227 Å². The van der Waals surface area contributed by atoms with Crippen LogP contribution in [0.3, 0.4) is 0 Å². The maximum Gasteiger partial charge on any atom is 0.416 e. The topological polar surface area (TPSA) is 96.7 Å². The summed E-state index contributed by atoms with van der Waals surface area (Å²) in [5, 5.41) is 8.24. The summed E-state index contributed by atoms with van der Waals surface area (Å²) in [6.45, 7) is 0.905. The molecule has 0 radical (unpaired) electrons. The van der Waals surface area contributed by atoms with Gasteiger partial charge < -0.3 is 0 Å². The number of halogens is 4. The molecule has 0 saturated carbocycles. The van der Waals surface area contributed by atoms with E-state index in [2.05, 4.69) is 15.6 Å². The van der Waals surface area contributed by atoms with Gasteiger partial charge in [-0.15, -0.1) is 0 Å². The van der Waals surface area contributed by atoms with Gasteiger partial charge >= 0.3 is 6.18 Å². The molecule has 1 heterocycles. The van der Waals surface area contributed by atoms with Crippen molar-refractivity contribution < 1.29 is 26.4 Å². The van der Waals surface area contributed by atoms with Crippen molar-refractivity contribution in [1.82, 2.24) is 15.2 Å². The van der Waals surface area contributed by atoms with Crippen LogP contribution in [0.5, 0.6) is 0 Å². The number of amides is 1. The van der Waals surface area contributed by atoms with Crippen molar-refractivity contribution >= 4 is 39.4 Å². The van der Waals surface area contributed by atoms with Crippen LogP contribution in [0.1, 0.15) is 16.8 Å². The van der Waals surface area contributed by atoms with Gasteiger partial charge in [-0.25, -0.2) is 18.5 Å². The molecule has 0 fully saturated rings. The first kappa shape index (κ1) is 27.9. The summed E-state index contributed by atoms with van der Waals surface area (Å²) in [4.78, 5) is 12.6. The summed E-state index contributed by atoms with van der Waals surface area (Å²) < 4.78 is 68.9. The van der Waals surface area contributed by atoms with Crippen LogP contribution in [0.4, 0.5) is 18.9 Å². The fourth-order valence-corrected chi connectivity index (χ4v) is 5.35. The summed E-state index contributed by atoms with van der Waals surface area (Å²) >= 11 is 6.24. The van der Waals surface area contributed by atoms with Crippen molar-refractivity contribution in [2.24, 2.45) is 5.10 Å². The normalized spacial score (nSPS) is 12.0. The van der Waals surface area contributed by atoms with Crippen molar-refractivity contribution in [3.8, 4) is 5.69 Å². The molecule has 1 N–H and O–H groups in total. The van der Waals surface area contributed by atoms with Crippen LogP contribution in [0, 0.1) is 6.92 Å².